The number of hydrogen-bond acceptors (Lipinski definition) is 5. The summed E-state index contributed by atoms with van der Waals surface area (Å²) in [5.74, 6) is 0.526. The van der Waals surface area contributed by atoms with Crippen LogP contribution in [0.15, 0.2) is 41.1 Å². The van der Waals surface area contributed by atoms with Crippen LogP contribution in [0.4, 0.5) is 0 Å². The predicted octanol–water partition coefficient (Wildman–Crippen LogP) is 3.79. The first kappa shape index (κ1) is 20.3. The third kappa shape index (κ3) is 5.78. The molecule has 148 valence electrons. The van der Waals surface area contributed by atoms with Crippen LogP contribution in [0.5, 0.6) is 5.75 Å². The van der Waals surface area contributed by atoms with Crippen LogP contribution >= 0.6 is 11.3 Å². The van der Waals surface area contributed by atoms with Crippen molar-refractivity contribution in [2.75, 3.05) is 26.7 Å². The minimum absolute atomic E-state index is 0.0760. The van der Waals surface area contributed by atoms with Gasteiger partial charge in [-0.05, 0) is 54.4 Å². The number of ether oxygens (including phenoxy) is 1. The molecule has 1 fully saturated rings. The Labute approximate surface area is 166 Å². The van der Waals surface area contributed by atoms with Gasteiger partial charge in [-0.15, -0.1) is 0 Å². The summed E-state index contributed by atoms with van der Waals surface area (Å²) in [5, 5.41) is 4.19. The number of methoxy groups -OCH3 is 1. The molecule has 0 radical (unpaired) electrons. The fourth-order valence-electron chi connectivity index (χ4n) is 3.61. The molecule has 1 aromatic heterocycles. The molecule has 0 spiro atoms. The molecule has 2 aromatic rings. The lowest BCUT2D eigenvalue weighted by molar-refractivity contribution is 0.206. The van der Waals surface area contributed by atoms with Gasteiger partial charge < -0.3 is 4.74 Å². The maximum absolute atomic E-state index is 12.7. The van der Waals surface area contributed by atoms with Gasteiger partial charge in [0.2, 0.25) is 10.0 Å². The zero-order chi connectivity index (χ0) is 19.1. The maximum Gasteiger partial charge on any atom is 0.215 e. The molecule has 2 heterocycles. The molecule has 7 heteroatoms. The van der Waals surface area contributed by atoms with Crippen LogP contribution in [0.1, 0.15) is 42.9 Å². The first-order valence-electron chi connectivity index (χ1n) is 9.44. The van der Waals surface area contributed by atoms with Gasteiger partial charge in [-0.2, -0.15) is 11.3 Å². The van der Waals surface area contributed by atoms with E-state index in [4.69, 9.17) is 4.74 Å². The fourth-order valence-corrected chi connectivity index (χ4v) is 5.48. The maximum atomic E-state index is 12.7. The van der Waals surface area contributed by atoms with Crippen LogP contribution in [0.25, 0.3) is 0 Å². The lowest BCUT2D eigenvalue weighted by Crippen LogP contribution is -2.38. The SMILES string of the molecule is COc1ccccc1CS(=O)(=O)NCC(c1ccsc1)N1CCCCCC1. The van der Waals surface area contributed by atoms with E-state index in [1.807, 2.05) is 12.1 Å². The van der Waals surface area contributed by atoms with Crippen molar-refractivity contribution in [2.24, 2.45) is 0 Å². The van der Waals surface area contributed by atoms with Crippen LogP contribution in [-0.4, -0.2) is 40.1 Å². The first-order valence-corrected chi connectivity index (χ1v) is 12.0. The molecule has 0 bridgehead atoms. The van der Waals surface area contributed by atoms with E-state index in [0.717, 1.165) is 13.1 Å². The summed E-state index contributed by atoms with van der Waals surface area (Å²) in [7, 11) is -1.89. The van der Waals surface area contributed by atoms with E-state index in [9.17, 15) is 8.42 Å². The lowest BCUT2D eigenvalue weighted by atomic mass is 10.1. The van der Waals surface area contributed by atoms with Crippen molar-refractivity contribution in [2.45, 2.75) is 37.5 Å². The number of thiophene rings is 1. The Morgan fingerprint density at radius 2 is 1.89 bits per heavy atom. The third-order valence-electron chi connectivity index (χ3n) is 5.04. The van der Waals surface area contributed by atoms with Crippen molar-refractivity contribution in [1.82, 2.24) is 9.62 Å². The Morgan fingerprint density at radius 3 is 2.56 bits per heavy atom. The predicted molar refractivity (Wildman–Crippen MR) is 111 cm³/mol. The van der Waals surface area contributed by atoms with Crippen molar-refractivity contribution >= 4 is 21.4 Å². The van der Waals surface area contributed by atoms with Gasteiger partial charge in [0.05, 0.1) is 12.9 Å². The molecule has 1 atom stereocenters. The number of nitrogens with zero attached hydrogens (tertiary/aromatic N) is 1. The molecule has 0 aliphatic carbocycles. The van der Waals surface area contributed by atoms with Crippen LogP contribution in [0, 0.1) is 0 Å². The number of benzene rings is 1. The Morgan fingerprint density at radius 1 is 1.15 bits per heavy atom. The normalized spacial score (nSPS) is 17.4. The quantitative estimate of drug-likeness (QED) is 0.722. The summed E-state index contributed by atoms with van der Waals surface area (Å²) in [6, 6.07) is 9.45. The molecule has 1 aliphatic heterocycles. The molecule has 27 heavy (non-hydrogen) atoms. The summed E-state index contributed by atoms with van der Waals surface area (Å²) in [4.78, 5) is 2.43. The zero-order valence-corrected chi connectivity index (χ0v) is 17.4. The molecule has 3 rings (SSSR count). The Kier molecular flexibility index (Phi) is 7.29. The highest BCUT2D eigenvalue weighted by Crippen LogP contribution is 2.26. The van der Waals surface area contributed by atoms with Gasteiger partial charge in [-0.3, -0.25) is 4.90 Å². The number of rotatable bonds is 8. The average Bonchev–Trinajstić information content (AvgIpc) is 3.05. The van der Waals surface area contributed by atoms with E-state index in [0.29, 0.717) is 17.9 Å². The highest BCUT2D eigenvalue weighted by Gasteiger charge is 2.24. The third-order valence-corrected chi connectivity index (χ3v) is 7.04. The first-order chi connectivity index (χ1) is 13.1. The Hall–Kier alpha value is -1.41. The van der Waals surface area contributed by atoms with Crippen molar-refractivity contribution in [3.05, 3.63) is 52.2 Å². The molecule has 0 amide bonds. The van der Waals surface area contributed by atoms with Crippen molar-refractivity contribution < 1.29 is 13.2 Å². The van der Waals surface area contributed by atoms with E-state index in [2.05, 4.69) is 26.4 Å². The molecule has 1 saturated heterocycles. The highest BCUT2D eigenvalue weighted by molar-refractivity contribution is 7.88. The van der Waals surface area contributed by atoms with Crippen LogP contribution in [0.3, 0.4) is 0 Å². The molecule has 1 aliphatic rings. The van der Waals surface area contributed by atoms with E-state index >= 15 is 0 Å². The van der Waals surface area contributed by atoms with Crippen LogP contribution < -0.4 is 9.46 Å². The summed E-state index contributed by atoms with van der Waals surface area (Å²) in [6.45, 7) is 2.44. The van der Waals surface area contributed by atoms with Crippen molar-refractivity contribution in [3.8, 4) is 5.75 Å². The standard InChI is InChI=1S/C20H28N2O3S2/c1-25-20-9-5-4-8-18(20)16-27(23,24)21-14-19(17-10-13-26-15-17)22-11-6-2-3-7-12-22/h4-5,8-10,13,15,19,21H,2-3,6-7,11-12,14,16H2,1H3. The molecule has 1 aromatic carbocycles. The second-order valence-electron chi connectivity index (χ2n) is 6.94. The molecular weight excluding hydrogens is 380 g/mol. The molecule has 0 saturated carbocycles. The van der Waals surface area contributed by atoms with Gasteiger partial charge in [0.15, 0.2) is 0 Å². The van der Waals surface area contributed by atoms with E-state index in [-0.39, 0.29) is 11.8 Å². The average molecular weight is 409 g/mol. The number of nitrogens with one attached hydrogen (secondary N) is 1. The molecule has 5 nitrogen and oxygen atoms in total. The number of hydrogen-bond donors (Lipinski definition) is 1. The summed E-state index contributed by atoms with van der Waals surface area (Å²) >= 11 is 1.66. The van der Waals surface area contributed by atoms with E-state index in [1.165, 1.54) is 31.2 Å². The zero-order valence-electron chi connectivity index (χ0n) is 15.8. The number of sulfonamides is 1. The smallest absolute Gasteiger partial charge is 0.215 e. The van der Waals surface area contributed by atoms with E-state index < -0.39 is 10.0 Å². The Bertz CT molecular complexity index is 798. The van der Waals surface area contributed by atoms with Crippen LogP contribution in [-0.2, 0) is 15.8 Å². The monoisotopic (exact) mass is 408 g/mol. The Balaban J connectivity index is 1.70. The summed E-state index contributed by atoms with van der Waals surface area (Å²) in [6.07, 6.45) is 4.86. The fraction of sp³-hybridized carbons (Fsp3) is 0.500. The van der Waals surface area contributed by atoms with Gasteiger partial charge >= 0.3 is 0 Å². The minimum Gasteiger partial charge on any atom is -0.496 e. The van der Waals surface area contributed by atoms with Crippen molar-refractivity contribution in [3.63, 3.8) is 0 Å². The van der Waals surface area contributed by atoms with Crippen LogP contribution in [0.2, 0.25) is 0 Å². The largest absolute Gasteiger partial charge is 0.496 e. The molecular formula is C20H28N2O3S2. The van der Waals surface area contributed by atoms with Gasteiger partial charge in [-0.1, -0.05) is 31.0 Å². The topological polar surface area (TPSA) is 58.6 Å². The lowest BCUT2D eigenvalue weighted by Gasteiger charge is -2.30. The second kappa shape index (κ2) is 9.68. The molecule has 1 N–H and O–H groups in total. The van der Waals surface area contributed by atoms with Gasteiger partial charge in [0.1, 0.15) is 5.75 Å². The second-order valence-corrected chi connectivity index (χ2v) is 9.53. The van der Waals surface area contributed by atoms with Gasteiger partial charge in [0, 0.05) is 18.2 Å². The molecule has 1 unspecified atom stereocenters. The summed E-state index contributed by atoms with van der Waals surface area (Å²) in [5.41, 5.74) is 1.87. The van der Waals surface area contributed by atoms with Crippen molar-refractivity contribution in [1.29, 1.82) is 0 Å². The number of para-hydroxylation sites is 1. The van der Waals surface area contributed by atoms with E-state index in [1.54, 1.807) is 30.6 Å². The summed E-state index contributed by atoms with van der Waals surface area (Å²) < 4.78 is 33.6. The minimum atomic E-state index is -3.45. The van der Waals surface area contributed by atoms with Gasteiger partial charge in [0.25, 0.3) is 0 Å². The number of likely N-dealkylation sites (tertiary alicyclic amines) is 1. The van der Waals surface area contributed by atoms with Gasteiger partial charge in [-0.25, -0.2) is 13.1 Å². The highest BCUT2D eigenvalue weighted by atomic mass is 32.2.